The summed E-state index contributed by atoms with van der Waals surface area (Å²) in [6.07, 6.45) is 2.77. The molecule has 2 saturated heterocycles. The second-order valence-corrected chi connectivity index (χ2v) is 7.96. The van der Waals surface area contributed by atoms with Crippen molar-refractivity contribution in [2.45, 2.75) is 32.2 Å². The molecule has 6 nitrogen and oxygen atoms in total. The standard InChI is InChI=1S/C20H31ClN4O2/c1-2-22-19(23-14-20(15-26)7-10-27-11-8-20)24-17-6-9-25(13-17)18-5-3-4-16(21)12-18/h3-5,12,17,26H,2,6-11,13-15H2,1H3,(H2,22,23,24). The number of hydrogen-bond donors (Lipinski definition) is 3. The number of rotatable bonds is 6. The predicted molar refractivity (Wildman–Crippen MR) is 111 cm³/mol. The van der Waals surface area contributed by atoms with Crippen molar-refractivity contribution < 1.29 is 9.84 Å². The van der Waals surface area contributed by atoms with Gasteiger partial charge in [0, 0.05) is 55.0 Å². The first-order valence-electron chi connectivity index (χ1n) is 9.88. The Morgan fingerprint density at radius 1 is 1.41 bits per heavy atom. The Labute approximate surface area is 166 Å². The average molecular weight is 395 g/mol. The lowest BCUT2D eigenvalue weighted by molar-refractivity contribution is -0.0106. The van der Waals surface area contributed by atoms with Gasteiger partial charge in [0.1, 0.15) is 0 Å². The Bertz CT molecular complexity index is 634. The maximum Gasteiger partial charge on any atom is 0.191 e. The molecule has 1 atom stereocenters. The summed E-state index contributed by atoms with van der Waals surface area (Å²) in [6, 6.07) is 8.34. The largest absolute Gasteiger partial charge is 0.396 e. The Morgan fingerprint density at radius 3 is 2.93 bits per heavy atom. The lowest BCUT2D eigenvalue weighted by Gasteiger charge is -2.34. The van der Waals surface area contributed by atoms with E-state index in [-0.39, 0.29) is 12.0 Å². The molecular formula is C20H31ClN4O2. The highest BCUT2D eigenvalue weighted by Gasteiger charge is 2.32. The molecule has 0 saturated carbocycles. The quantitative estimate of drug-likeness (QED) is 0.510. The third-order valence-electron chi connectivity index (χ3n) is 5.51. The number of ether oxygens (including phenoxy) is 1. The maximum absolute atomic E-state index is 9.87. The summed E-state index contributed by atoms with van der Waals surface area (Å²) < 4.78 is 5.44. The molecule has 0 radical (unpaired) electrons. The van der Waals surface area contributed by atoms with Gasteiger partial charge < -0.3 is 25.4 Å². The van der Waals surface area contributed by atoms with Gasteiger partial charge in [-0.3, -0.25) is 4.99 Å². The summed E-state index contributed by atoms with van der Waals surface area (Å²) in [5, 5.41) is 17.5. The number of halogens is 1. The zero-order valence-electron chi connectivity index (χ0n) is 16.1. The molecule has 2 heterocycles. The molecule has 0 amide bonds. The van der Waals surface area contributed by atoms with E-state index in [2.05, 4.69) is 28.5 Å². The van der Waals surface area contributed by atoms with Gasteiger partial charge in [-0.1, -0.05) is 17.7 Å². The van der Waals surface area contributed by atoms with Gasteiger partial charge in [0.05, 0.1) is 13.2 Å². The van der Waals surface area contributed by atoms with Crippen LogP contribution in [0.2, 0.25) is 5.02 Å². The molecule has 1 aromatic rings. The van der Waals surface area contributed by atoms with Crippen LogP contribution in [0.4, 0.5) is 5.69 Å². The highest BCUT2D eigenvalue weighted by molar-refractivity contribution is 6.30. The first kappa shape index (κ1) is 20.2. The van der Waals surface area contributed by atoms with Gasteiger partial charge in [0.2, 0.25) is 0 Å². The van der Waals surface area contributed by atoms with Crippen LogP contribution >= 0.6 is 11.6 Å². The third-order valence-corrected chi connectivity index (χ3v) is 5.74. The minimum Gasteiger partial charge on any atom is -0.396 e. The van der Waals surface area contributed by atoms with E-state index in [1.807, 2.05) is 18.2 Å². The summed E-state index contributed by atoms with van der Waals surface area (Å²) in [5.41, 5.74) is 1.01. The van der Waals surface area contributed by atoms with E-state index in [0.29, 0.717) is 25.8 Å². The van der Waals surface area contributed by atoms with E-state index in [9.17, 15) is 5.11 Å². The molecule has 0 spiro atoms. The van der Waals surface area contributed by atoms with Crippen LogP contribution in [0.15, 0.2) is 29.3 Å². The maximum atomic E-state index is 9.87. The van der Waals surface area contributed by atoms with Crippen LogP contribution in [0.5, 0.6) is 0 Å². The molecule has 3 N–H and O–H groups in total. The lowest BCUT2D eigenvalue weighted by Crippen LogP contribution is -2.45. The van der Waals surface area contributed by atoms with Crippen molar-refractivity contribution in [3.63, 3.8) is 0 Å². The molecule has 0 bridgehead atoms. The van der Waals surface area contributed by atoms with Crippen molar-refractivity contribution in [3.05, 3.63) is 29.3 Å². The van der Waals surface area contributed by atoms with E-state index >= 15 is 0 Å². The van der Waals surface area contributed by atoms with Gasteiger partial charge in [-0.15, -0.1) is 0 Å². The minimum atomic E-state index is -0.150. The van der Waals surface area contributed by atoms with Crippen molar-refractivity contribution in [1.29, 1.82) is 0 Å². The van der Waals surface area contributed by atoms with Crippen LogP contribution in [-0.4, -0.2) is 63.1 Å². The van der Waals surface area contributed by atoms with Gasteiger partial charge in [-0.25, -0.2) is 0 Å². The van der Waals surface area contributed by atoms with Crippen molar-refractivity contribution in [3.8, 4) is 0 Å². The topological polar surface area (TPSA) is 69.1 Å². The lowest BCUT2D eigenvalue weighted by atomic mass is 9.81. The molecule has 1 unspecified atom stereocenters. The van der Waals surface area contributed by atoms with Gasteiger partial charge in [0.25, 0.3) is 0 Å². The normalized spacial score (nSPS) is 22.7. The number of benzene rings is 1. The number of guanidine groups is 1. The summed E-state index contributed by atoms with van der Waals surface area (Å²) in [5.74, 6) is 0.828. The van der Waals surface area contributed by atoms with Crippen LogP contribution in [0.3, 0.4) is 0 Å². The molecule has 0 aliphatic carbocycles. The molecule has 7 heteroatoms. The number of hydrogen-bond acceptors (Lipinski definition) is 4. The SMILES string of the molecule is CCNC(=NCC1(CO)CCOCC1)NC1CCN(c2cccc(Cl)c2)C1. The number of nitrogens with one attached hydrogen (secondary N) is 2. The fraction of sp³-hybridized carbons (Fsp3) is 0.650. The Hall–Kier alpha value is -1.50. The fourth-order valence-electron chi connectivity index (χ4n) is 3.72. The van der Waals surface area contributed by atoms with Gasteiger partial charge >= 0.3 is 0 Å². The molecule has 2 fully saturated rings. The molecule has 3 rings (SSSR count). The molecule has 27 heavy (non-hydrogen) atoms. The van der Waals surface area contributed by atoms with Gasteiger partial charge in [0.15, 0.2) is 5.96 Å². The van der Waals surface area contributed by atoms with Gasteiger partial charge in [-0.05, 0) is 44.4 Å². The molecular weight excluding hydrogens is 364 g/mol. The molecule has 2 aliphatic heterocycles. The Kier molecular flexibility index (Phi) is 7.21. The average Bonchev–Trinajstić information content (AvgIpc) is 3.16. The fourth-order valence-corrected chi connectivity index (χ4v) is 3.90. The van der Waals surface area contributed by atoms with Crippen LogP contribution in [0.25, 0.3) is 0 Å². The summed E-state index contributed by atoms with van der Waals surface area (Å²) >= 11 is 6.13. The van der Waals surface area contributed by atoms with Crippen LogP contribution in [-0.2, 0) is 4.74 Å². The Balaban J connectivity index is 1.59. The second-order valence-electron chi connectivity index (χ2n) is 7.52. The molecule has 2 aliphatic rings. The van der Waals surface area contributed by atoms with Crippen LogP contribution < -0.4 is 15.5 Å². The van der Waals surface area contributed by atoms with Gasteiger partial charge in [-0.2, -0.15) is 0 Å². The monoisotopic (exact) mass is 394 g/mol. The highest BCUT2D eigenvalue weighted by Crippen LogP contribution is 2.30. The van der Waals surface area contributed by atoms with E-state index in [0.717, 1.165) is 55.6 Å². The van der Waals surface area contributed by atoms with Crippen LogP contribution in [0, 0.1) is 5.41 Å². The van der Waals surface area contributed by atoms with Crippen molar-refractivity contribution in [1.82, 2.24) is 10.6 Å². The first-order chi connectivity index (χ1) is 13.1. The summed E-state index contributed by atoms with van der Waals surface area (Å²) in [7, 11) is 0. The zero-order valence-corrected chi connectivity index (χ0v) is 16.8. The van der Waals surface area contributed by atoms with E-state index in [1.54, 1.807) is 0 Å². The first-order valence-corrected chi connectivity index (χ1v) is 10.3. The third kappa shape index (κ3) is 5.50. The zero-order chi connectivity index (χ0) is 19.1. The predicted octanol–water partition coefficient (Wildman–Crippen LogP) is 2.26. The van der Waals surface area contributed by atoms with E-state index in [4.69, 9.17) is 21.3 Å². The molecule has 150 valence electrons. The second kappa shape index (κ2) is 9.62. The number of anilines is 1. The van der Waals surface area contributed by atoms with E-state index in [1.165, 1.54) is 0 Å². The van der Waals surface area contributed by atoms with Crippen molar-refractivity contribution in [2.75, 3.05) is 50.9 Å². The Morgan fingerprint density at radius 2 is 2.22 bits per heavy atom. The van der Waals surface area contributed by atoms with E-state index < -0.39 is 0 Å². The highest BCUT2D eigenvalue weighted by atomic mass is 35.5. The smallest absolute Gasteiger partial charge is 0.191 e. The number of nitrogens with zero attached hydrogens (tertiary/aromatic N) is 2. The minimum absolute atomic E-state index is 0.150. The summed E-state index contributed by atoms with van der Waals surface area (Å²) in [6.45, 7) is 6.98. The van der Waals surface area contributed by atoms with Crippen molar-refractivity contribution >= 4 is 23.2 Å². The summed E-state index contributed by atoms with van der Waals surface area (Å²) in [4.78, 5) is 7.14. The molecule has 1 aromatic carbocycles. The molecule has 0 aromatic heterocycles. The number of aliphatic hydroxyl groups is 1. The number of aliphatic imine (C=N–C) groups is 1. The van der Waals surface area contributed by atoms with Crippen LogP contribution in [0.1, 0.15) is 26.2 Å². The number of aliphatic hydroxyl groups excluding tert-OH is 1. The van der Waals surface area contributed by atoms with Crippen molar-refractivity contribution in [2.24, 2.45) is 10.4 Å².